The first-order valence-corrected chi connectivity index (χ1v) is 11.9. The lowest BCUT2D eigenvalue weighted by Crippen LogP contribution is -2.43. The van der Waals surface area contributed by atoms with Gasteiger partial charge in [-0.15, -0.1) is 11.3 Å². The first-order chi connectivity index (χ1) is 14.3. The van der Waals surface area contributed by atoms with E-state index in [-0.39, 0.29) is 25.0 Å². The average Bonchev–Trinajstić information content (AvgIpc) is 3.29. The highest BCUT2D eigenvalue weighted by Crippen LogP contribution is 2.27. The van der Waals surface area contributed by atoms with E-state index in [2.05, 4.69) is 5.32 Å². The van der Waals surface area contributed by atoms with E-state index < -0.39 is 15.9 Å². The number of hydrogen-bond acceptors (Lipinski definition) is 6. The Hall–Kier alpha value is -2.43. The Balaban J connectivity index is 1.57. The summed E-state index contributed by atoms with van der Waals surface area (Å²) in [6, 6.07) is 10.0. The van der Waals surface area contributed by atoms with Gasteiger partial charge in [-0.3, -0.25) is 9.59 Å². The van der Waals surface area contributed by atoms with Crippen molar-refractivity contribution in [3.63, 3.8) is 0 Å². The standard InChI is InChI=1S/C20H25N3O5S2/c1-22(2)18(24)14-28-17-9-7-16(8-10-17)21-20(25)15-5-3-11-23(13-15)30(26,27)19-6-4-12-29-19/h4,6-10,12,15H,3,5,11,13-14H2,1-2H3,(H,21,25). The van der Waals surface area contributed by atoms with E-state index in [1.54, 1.807) is 55.9 Å². The minimum absolute atomic E-state index is 0.0602. The summed E-state index contributed by atoms with van der Waals surface area (Å²) in [5.74, 6) is -0.250. The lowest BCUT2D eigenvalue weighted by atomic mass is 9.99. The number of likely N-dealkylation sites (N-methyl/N-ethyl adjacent to an activating group) is 1. The van der Waals surface area contributed by atoms with Crippen LogP contribution in [0.4, 0.5) is 5.69 Å². The molecular weight excluding hydrogens is 426 g/mol. The molecule has 2 amide bonds. The molecule has 1 atom stereocenters. The summed E-state index contributed by atoms with van der Waals surface area (Å²) in [6.07, 6.45) is 1.27. The molecule has 1 aliphatic rings. The summed E-state index contributed by atoms with van der Waals surface area (Å²) in [6.45, 7) is 0.525. The zero-order chi connectivity index (χ0) is 21.7. The normalized spacial score (nSPS) is 17.3. The Bertz CT molecular complexity index is 972. The van der Waals surface area contributed by atoms with Crippen LogP contribution in [0.3, 0.4) is 0 Å². The Morgan fingerprint density at radius 3 is 2.60 bits per heavy atom. The van der Waals surface area contributed by atoms with Gasteiger partial charge < -0.3 is 15.0 Å². The van der Waals surface area contributed by atoms with Crippen LogP contribution >= 0.6 is 11.3 Å². The van der Waals surface area contributed by atoms with E-state index in [1.807, 2.05) is 0 Å². The second kappa shape index (κ2) is 9.59. The van der Waals surface area contributed by atoms with Gasteiger partial charge in [-0.2, -0.15) is 4.31 Å². The van der Waals surface area contributed by atoms with Crippen molar-refractivity contribution in [3.8, 4) is 5.75 Å². The maximum atomic E-state index is 12.7. The molecule has 162 valence electrons. The van der Waals surface area contributed by atoms with Crippen molar-refractivity contribution in [1.82, 2.24) is 9.21 Å². The maximum absolute atomic E-state index is 12.7. The summed E-state index contributed by atoms with van der Waals surface area (Å²) in [5, 5.41) is 4.57. The largest absolute Gasteiger partial charge is 0.484 e. The molecule has 1 fully saturated rings. The number of sulfonamides is 1. The highest BCUT2D eigenvalue weighted by Gasteiger charge is 2.33. The van der Waals surface area contributed by atoms with E-state index in [0.29, 0.717) is 35.0 Å². The number of nitrogens with zero attached hydrogens (tertiary/aromatic N) is 2. The number of benzene rings is 1. The fourth-order valence-corrected chi connectivity index (χ4v) is 5.73. The fourth-order valence-electron chi connectivity index (χ4n) is 3.07. The van der Waals surface area contributed by atoms with Crippen LogP contribution in [-0.2, 0) is 19.6 Å². The Morgan fingerprint density at radius 2 is 1.97 bits per heavy atom. The van der Waals surface area contributed by atoms with Gasteiger partial charge in [0.05, 0.1) is 5.92 Å². The van der Waals surface area contributed by atoms with Crippen molar-refractivity contribution in [3.05, 3.63) is 41.8 Å². The molecule has 0 saturated carbocycles. The van der Waals surface area contributed by atoms with Crippen molar-refractivity contribution in [2.75, 3.05) is 39.1 Å². The van der Waals surface area contributed by atoms with Crippen molar-refractivity contribution in [2.45, 2.75) is 17.1 Å². The van der Waals surface area contributed by atoms with Crippen LogP contribution in [0.1, 0.15) is 12.8 Å². The van der Waals surface area contributed by atoms with Crippen molar-refractivity contribution >= 4 is 38.9 Å². The van der Waals surface area contributed by atoms with Crippen LogP contribution in [0, 0.1) is 5.92 Å². The average molecular weight is 452 g/mol. The summed E-state index contributed by atoms with van der Waals surface area (Å²) in [4.78, 5) is 25.7. The molecule has 0 bridgehead atoms. The molecule has 1 saturated heterocycles. The first kappa shape index (κ1) is 22.3. The topological polar surface area (TPSA) is 96.0 Å². The Morgan fingerprint density at radius 1 is 1.23 bits per heavy atom. The zero-order valence-corrected chi connectivity index (χ0v) is 18.5. The first-order valence-electron chi connectivity index (χ1n) is 9.55. The van der Waals surface area contributed by atoms with Crippen LogP contribution in [0.5, 0.6) is 5.75 Å². The molecule has 1 aromatic heterocycles. The van der Waals surface area contributed by atoms with Crippen molar-refractivity contribution < 1.29 is 22.7 Å². The van der Waals surface area contributed by atoms with Crippen LogP contribution in [-0.4, -0.2) is 63.2 Å². The van der Waals surface area contributed by atoms with Crippen LogP contribution in [0.2, 0.25) is 0 Å². The van der Waals surface area contributed by atoms with Crippen molar-refractivity contribution in [1.29, 1.82) is 0 Å². The fraction of sp³-hybridized carbons (Fsp3) is 0.400. The SMILES string of the molecule is CN(C)C(=O)COc1ccc(NC(=O)C2CCCN(S(=O)(=O)c3cccs3)C2)cc1. The quantitative estimate of drug-likeness (QED) is 0.697. The van der Waals surface area contributed by atoms with Crippen molar-refractivity contribution in [2.24, 2.45) is 5.92 Å². The molecule has 2 heterocycles. The van der Waals surface area contributed by atoms with Gasteiger partial charge in [0, 0.05) is 32.9 Å². The smallest absolute Gasteiger partial charge is 0.259 e. The minimum atomic E-state index is -3.56. The molecule has 1 aliphatic heterocycles. The van der Waals surface area contributed by atoms with Gasteiger partial charge in [-0.05, 0) is 48.6 Å². The molecule has 0 radical (unpaired) electrons. The van der Waals surface area contributed by atoms with Crippen LogP contribution < -0.4 is 10.1 Å². The number of carbonyl (C=O) groups excluding carboxylic acids is 2. The molecule has 0 spiro atoms. The number of thiophene rings is 1. The second-order valence-electron chi connectivity index (χ2n) is 7.22. The molecule has 3 rings (SSSR count). The number of hydrogen-bond donors (Lipinski definition) is 1. The summed E-state index contributed by atoms with van der Waals surface area (Å²) < 4.78 is 32.6. The third-order valence-corrected chi connectivity index (χ3v) is 8.07. The number of anilines is 1. The van der Waals surface area contributed by atoms with Crippen LogP contribution in [0.15, 0.2) is 46.0 Å². The number of carbonyl (C=O) groups is 2. The van der Waals surface area contributed by atoms with Gasteiger partial charge >= 0.3 is 0 Å². The van der Waals surface area contributed by atoms with Gasteiger partial charge in [0.15, 0.2) is 6.61 Å². The van der Waals surface area contributed by atoms with E-state index >= 15 is 0 Å². The van der Waals surface area contributed by atoms with Crippen LogP contribution in [0.25, 0.3) is 0 Å². The number of nitrogens with one attached hydrogen (secondary N) is 1. The molecule has 0 aliphatic carbocycles. The third-order valence-electron chi connectivity index (χ3n) is 4.83. The van der Waals surface area contributed by atoms with Gasteiger partial charge in [0.25, 0.3) is 15.9 Å². The monoisotopic (exact) mass is 451 g/mol. The van der Waals surface area contributed by atoms with E-state index in [1.165, 1.54) is 20.5 Å². The maximum Gasteiger partial charge on any atom is 0.259 e. The Labute approximate surface area is 180 Å². The number of ether oxygens (including phenoxy) is 1. The van der Waals surface area contributed by atoms with Gasteiger partial charge in [-0.25, -0.2) is 8.42 Å². The second-order valence-corrected chi connectivity index (χ2v) is 10.3. The Kier molecular flexibility index (Phi) is 7.11. The molecule has 30 heavy (non-hydrogen) atoms. The predicted octanol–water partition coefficient (Wildman–Crippen LogP) is 2.25. The highest BCUT2D eigenvalue weighted by molar-refractivity contribution is 7.91. The predicted molar refractivity (Wildman–Crippen MR) is 115 cm³/mol. The molecule has 1 unspecified atom stereocenters. The van der Waals surface area contributed by atoms with Gasteiger partial charge in [0.1, 0.15) is 9.96 Å². The van der Waals surface area contributed by atoms with E-state index in [9.17, 15) is 18.0 Å². The molecule has 8 nitrogen and oxygen atoms in total. The number of amides is 2. The number of piperidine rings is 1. The molecule has 10 heteroatoms. The lowest BCUT2D eigenvalue weighted by Gasteiger charge is -2.30. The summed E-state index contributed by atoms with van der Waals surface area (Å²) >= 11 is 1.18. The molecule has 2 aromatic rings. The lowest BCUT2D eigenvalue weighted by molar-refractivity contribution is -0.130. The molecular formula is C20H25N3O5S2. The van der Waals surface area contributed by atoms with Gasteiger partial charge in [0.2, 0.25) is 5.91 Å². The molecule has 1 N–H and O–H groups in total. The summed E-state index contributed by atoms with van der Waals surface area (Å²) in [5.41, 5.74) is 0.588. The highest BCUT2D eigenvalue weighted by atomic mass is 32.2. The summed E-state index contributed by atoms with van der Waals surface area (Å²) in [7, 11) is -0.249. The minimum Gasteiger partial charge on any atom is -0.484 e. The molecule has 1 aromatic carbocycles. The van der Waals surface area contributed by atoms with E-state index in [0.717, 1.165) is 0 Å². The zero-order valence-electron chi connectivity index (χ0n) is 16.9. The third kappa shape index (κ3) is 5.38. The van der Waals surface area contributed by atoms with Gasteiger partial charge in [-0.1, -0.05) is 6.07 Å². The van der Waals surface area contributed by atoms with E-state index in [4.69, 9.17) is 4.74 Å². The number of rotatable bonds is 7.